The summed E-state index contributed by atoms with van der Waals surface area (Å²) in [6.45, 7) is 0.926. The highest BCUT2D eigenvalue weighted by molar-refractivity contribution is 8.13. The molecule has 1 aromatic carbocycles. The first-order valence-electron chi connectivity index (χ1n) is 6.95. The van der Waals surface area contributed by atoms with E-state index in [9.17, 15) is 8.78 Å². The van der Waals surface area contributed by atoms with Crippen LogP contribution >= 0.6 is 11.8 Å². The highest BCUT2D eigenvalue weighted by atomic mass is 32.2. The molecular formula is C14H14F2N2O3S. The van der Waals surface area contributed by atoms with Gasteiger partial charge in [0.25, 0.3) is 0 Å². The third-order valence-electron chi connectivity index (χ3n) is 4.25. The van der Waals surface area contributed by atoms with Crippen molar-refractivity contribution in [2.45, 2.75) is 18.3 Å². The number of thioether (sulfide) groups is 1. The monoisotopic (exact) mass is 328 g/mol. The molecule has 0 radical (unpaired) electrons. The number of amidine groups is 1. The van der Waals surface area contributed by atoms with Gasteiger partial charge in [-0.3, -0.25) is 0 Å². The normalized spacial score (nSPS) is 32.3. The van der Waals surface area contributed by atoms with Crippen LogP contribution < -0.4 is 15.2 Å². The Bertz CT molecular complexity index is 655. The standard InChI is InChI=1S/C14H14F2N2O3S/c15-14(16)20-10-3-1-2-9(11(10)21-14)13-7-19-5-4-8(13)6-22-12(17)18-13/h1-3,8H,4-7H2,(H2,17,18)/t8-,13-/m0/s1. The first kappa shape index (κ1) is 14.1. The van der Waals surface area contributed by atoms with Crippen LogP contribution in [0.3, 0.4) is 0 Å². The maximum absolute atomic E-state index is 13.4. The van der Waals surface area contributed by atoms with Gasteiger partial charge in [-0.2, -0.15) is 0 Å². The maximum atomic E-state index is 13.4. The van der Waals surface area contributed by atoms with Gasteiger partial charge in [-0.15, -0.1) is 8.78 Å². The zero-order chi connectivity index (χ0) is 15.4. The van der Waals surface area contributed by atoms with Gasteiger partial charge >= 0.3 is 6.29 Å². The van der Waals surface area contributed by atoms with Crippen LogP contribution in [-0.2, 0) is 10.3 Å². The third kappa shape index (κ3) is 2.04. The van der Waals surface area contributed by atoms with Crippen LogP contribution in [0.4, 0.5) is 8.78 Å². The topological polar surface area (TPSA) is 66.1 Å². The molecule has 0 amide bonds. The minimum absolute atomic E-state index is 0.0215. The molecule has 5 nitrogen and oxygen atoms in total. The summed E-state index contributed by atoms with van der Waals surface area (Å²) in [5, 5.41) is 0.435. The number of rotatable bonds is 1. The van der Waals surface area contributed by atoms with Gasteiger partial charge in [0.1, 0.15) is 5.54 Å². The molecule has 1 aromatic rings. The van der Waals surface area contributed by atoms with Gasteiger partial charge in [0.05, 0.1) is 6.61 Å². The lowest BCUT2D eigenvalue weighted by molar-refractivity contribution is -0.287. The molecule has 2 N–H and O–H groups in total. The molecule has 0 unspecified atom stereocenters. The van der Waals surface area contributed by atoms with Crippen LogP contribution in [0.5, 0.6) is 11.5 Å². The highest BCUT2D eigenvalue weighted by Crippen LogP contribution is 2.52. The van der Waals surface area contributed by atoms with Crippen LogP contribution in [-0.4, -0.2) is 30.4 Å². The van der Waals surface area contributed by atoms with E-state index in [-0.39, 0.29) is 17.4 Å². The van der Waals surface area contributed by atoms with Crippen molar-refractivity contribution in [1.29, 1.82) is 0 Å². The fraction of sp³-hybridized carbons (Fsp3) is 0.500. The Labute approximate surface area is 129 Å². The van der Waals surface area contributed by atoms with Gasteiger partial charge in [-0.05, 0) is 12.5 Å². The number of hydrogen-bond acceptors (Lipinski definition) is 6. The maximum Gasteiger partial charge on any atom is 0.586 e. The number of aliphatic imine (C=N–C) groups is 1. The van der Waals surface area contributed by atoms with Gasteiger partial charge in [0.15, 0.2) is 16.7 Å². The summed E-state index contributed by atoms with van der Waals surface area (Å²) >= 11 is 1.48. The van der Waals surface area contributed by atoms with Crippen LogP contribution in [0.15, 0.2) is 23.2 Å². The number of halogens is 2. The van der Waals surface area contributed by atoms with E-state index in [0.717, 1.165) is 12.2 Å². The molecule has 0 saturated carbocycles. The number of ether oxygens (including phenoxy) is 3. The summed E-state index contributed by atoms with van der Waals surface area (Å²) in [6.07, 6.45) is -2.86. The van der Waals surface area contributed by atoms with E-state index in [1.165, 1.54) is 17.8 Å². The molecule has 0 bridgehead atoms. The summed E-state index contributed by atoms with van der Waals surface area (Å²) < 4.78 is 41.8. The van der Waals surface area contributed by atoms with Gasteiger partial charge in [-0.1, -0.05) is 23.9 Å². The van der Waals surface area contributed by atoms with Gasteiger partial charge in [0.2, 0.25) is 0 Å². The summed E-state index contributed by atoms with van der Waals surface area (Å²) in [4.78, 5) is 4.58. The zero-order valence-electron chi connectivity index (χ0n) is 11.6. The van der Waals surface area contributed by atoms with E-state index in [4.69, 9.17) is 15.2 Å². The average Bonchev–Trinajstić information content (AvgIpc) is 2.80. The number of alkyl halides is 2. The lowest BCUT2D eigenvalue weighted by Gasteiger charge is -2.43. The second kappa shape index (κ2) is 4.73. The van der Waals surface area contributed by atoms with Gasteiger partial charge < -0.3 is 19.9 Å². The Morgan fingerprint density at radius 2 is 2.18 bits per heavy atom. The number of nitrogens with zero attached hydrogens (tertiary/aromatic N) is 1. The summed E-state index contributed by atoms with van der Waals surface area (Å²) in [7, 11) is 0. The van der Waals surface area contributed by atoms with Crippen LogP contribution in [0.2, 0.25) is 0 Å². The molecule has 3 aliphatic heterocycles. The van der Waals surface area contributed by atoms with Crippen molar-refractivity contribution in [3.05, 3.63) is 23.8 Å². The van der Waals surface area contributed by atoms with Crippen LogP contribution in [0.25, 0.3) is 0 Å². The minimum Gasteiger partial charge on any atom is -0.395 e. The Kier molecular flexibility index (Phi) is 3.02. The molecule has 8 heteroatoms. The first-order valence-corrected chi connectivity index (χ1v) is 7.94. The summed E-state index contributed by atoms with van der Waals surface area (Å²) in [5.41, 5.74) is 5.66. The van der Waals surface area contributed by atoms with Crippen molar-refractivity contribution in [3.63, 3.8) is 0 Å². The lowest BCUT2D eigenvalue weighted by Crippen LogP contribution is -2.47. The predicted octanol–water partition coefficient (Wildman–Crippen LogP) is 2.30. The Morgan fingerprint density at radius 3 is 3.05 bits per heavy atom. The van der Waals surface area contributed by atoms with Gasteiger partial charge in [0, 0.05) is 23.8 Å². The Balaban J connectivity index is 1.87. The summed E-state index contributed by atoms with van der Waals surface area (Å²) in [6, 6.07) is 4.85. The predicted molar refractivity (Wildman–Crippen MR) is 77.3 cm³/mol. The smallest absolute Gasteiger partial charge is 0.395 e. The Hall–Kier alpha value is -1.54. The molecule has 3 aliphatic rings. The highest BCUT2D eigenvalue weighted by Gasteiger charge is 2.52. The second-order valence-corrected chi connectivity index (χ2v) is 6.56. The molecule has 22 heavy (non-hydrogen) atoms. The van der Waals surface area contributed by atoms with E-state index in [1.807, 2.05) is 0 Å². The molecular weight excluding hydrogens is 314 g/mol. The molecule has 0 aromatic heterocycles. The molecule has 1 fully saturated rings. The average molecular weight is 328 g/mol. The van der Waals surface area contributed by atoms with E-state index < -0.39 is 11.8 Å². The molecule has 0 spiro atoms. The fourth-order valence-corrected chi connectivity index (χ4v) is 4.28. The number of nitrogens with two attached hydrogens (primary N) is 1. The van der Waals surface area contributed by atoms with Crippen LogP contribution in [0.1, 0.15) is 12.0 Å². The number of para-hydroxylation sites is 1. The zero-order valence-corrected chi connectivity index (χ0v) is 12.4. The summed E-state index contributed by atoms with van der Waals surface area (Å²) in [5.74, 6) is 0.988. The molecule has 0 aliphatic carbocycles. The largest absolute Gasteiger partial charge is 0.586 e. The fourth-order valence-electron chi connectivity index (χ4n) is 3.24. The van der Waals surface area contributed by atoms with E-state index >= 15 is 0 Å². The van der Waals surface area contributed by atoms with Crippen molar-refractivity contribution in [2.24, 2.45) is 16.6 Å². The second-order valence-electron chi connectivity index (χ2n) is 5.52. The number of fused-ring (bicyclic) bond motifs is 2. The van der Waals surface area contributed by atoms with E-state index in [1.54, 1.807) is 12.1 Å². The van der Waals surface area contributed by atoms with Crippen molar-refractivity contribution in [2.75, 3.05) is 19.0 Å². The van der Waals surface area contributed by atoms with Gasteiger partial charge in [-0.25, -0.2) is 4.99 Å². The molecule has 3 heterocycles. The minimum atomic E-state index is -3.65. The Morgan fingerprint density at radius 1 is 1.32 bits per heavy atom. The van der Waals surface area contributed by atoms with Crippen molar-refractivity contribution in [3.8, 4) is 11.5 Å². The molecule has 4 rings (SSSR count). The lowest BCUT2D eigenvalue weighted by atomic mass is 9.76. The first-order chi connectivity index (χ1) is 10.5. The molecule has 2 atom stereocenters. The van der Waals surface area contributed by atoms with Crippen molar-refractivity contribution >= 4 is 16.9 Å². The number of hydrogen-bond donors (Lipinski definition) is 1. The van der Waals surface area contributed by atoms with E-state index in [0.29, 0.717) is 23.9 Å². The molecule has 1 saturated heterocycles. The van der Waals surface area contributed by atoms with Crippen LogP contribution in [0, 0.1) is 5.92 Å². The van der Waals surface area contributed by atoms with E-state index in [2.05, 4.69) is 9.73 Å². The number of benzene rings is 1. The SMILES string of the molecule is NC1=N[C@@]2(c3cccc4c3OC(F)(F)O4)COCC[C@H]2CS1. The van der Waals surface area contributed by atoms with Crippen molar-refractivity contribution in [1.82, 2.24) is 0 Å². The molecule has 118 valence electrons. The third-order valence-corrected chi connectivity index (χ3v) is 5.20. The quantitative estimate of drug-likeness (QED) is 0.857. The van der Waals surface area contributed by atoms with Crippen molar-refractivity contribution < 1.29 is 23.0 Å².